The SMILES string of the molecule is C=CC1CC(=O)N(c2nc(Cl)cc(=O)[nH]2)C1. The second-order valence-corrected chi connectivity index (χ2v) is 3.98. The number of nitrogens with zero attached hydrogens (tertiary/aromatic N) is 2. The van der Waals surface area contributed by atoms with Gasteiger partial charge in [0, 0.05) is 24.9 Å². The lowest BCUT2D eigenvalue weighted by Crippen LogP contribution is -2.28. The highest BCUT2D eigenvalue weighted by molar-refractivity contribution is 6.29. The van der Waals surface area contributed by atoms with E-state index in [1.165, 1.54) is 4.90 Å². The van der Waals surface area contributed by atoms with Gasteiger partial charge in [-0.25, -0.2) is 4.98 Å². The van der Waals surface area contributed by atoms with E-state index >= 15 is 0 Å². The molecule has 1 amide bonds. The smallest absolute Gasteiger partial charge is 0.253 e. The van der Waals surface area contributed by atoms with Crippen LogP contribution in [0.1, 0.15) is 6.42 Å². The first-order chi connectivity index (χ1) is 7.60. The number of nitrogens with one attached hydrogen (secondary N) is 1. The Morgan fingerprint density at radius 1 is 1.62 bits per heavy atom. The lowest BCUT2D eigenvalue weighted by molar-refractivity contribution is -0.117. The number of aromatic nitrogens is 2. The van der Waals surface area contributed by atoms with E-state index in [2.05, 4.69) is 16.5 Å². The zero-order valence-electron chi connectivity index (χ0n) is 8.44. The minimum atomic E-state index is -0.371. The maximum atomic E-state index is 11.6. The van der Waals surface area contributed by atoms with Crippen LogP contribution in [0.4, 0.5) is 5.95 Å². The number of carbonyl (C=O) groups excluding carboxylic acids is 1. The molecule has 1 aromatic heterocycles. The Labute approximate surface area is 96.8 Å². The summed E-state index contributed by atoms with van der Waals surface area (Å²) >= 11 is 5.66. The van der Waals surface area contributed by atoms with Gasteiger partial charge < -0.3 is 0 Å². The standard InChI is InChI=1S/C10H10ClN3O2/c1-2-6-3-9(16)14(5-6)10-12-7(11)4-8(15)13-10/h2,4,6H,1,3,5H2,(H,12,13,15). The van der Waals surface area contributed by atoms with Crippen molar-refractivity contribution < 1.29 is 4.79 Å². The fraction of sp³-hybridized carbons (Fsp3) is 0.300. The first kappa shape index (κ1) is 10.9. The zero-order valence-corrected chi connectivity index (χ0v) is 9.20. The van der Waals surface area contributed by atoms with Gasteiger partial charge in [-0.05, 0) is 0 Å². The van der Waals surface area contributed by atoms with Gasteiger partial charge >= 0.3 is 0 Å². The van der Waals surface area contributed by atoms with Crippen LogP contribution in [0.15, 0.2) is 23.5 Å². The van der Waals surface area contributed by atoms with Crippen molar-refractivity contribution in [3.63, 3.8) is 0 Å². The molecule has 1 aliphatic heterocycles. The highest BCUT2D eigenvalue weighted by Crippen LogP contribution is 2.22. The molecule has 1 saturated heterocycles. The van der Waals surface area contributed by atoms with Gasteiger partial charge in [0.25, 0.3) is 5.56 Å². The molecule has 1 aliphatic rings. The molecule has 0 bridgehead atoms. The molecule has 2 rings (SSSR count). The zero-order chi connectivity index (χ0) is 11.7. The van der Waals surface area contributed by atoms with E-state index in [1.54, 1.807) is 6.08 Å². The number of halogens is 1. The first-order valence-corrected chi connectivity index (χ1v) is 5.17. The Balaban J connectivity index is 2.34. The van der Waals surface area contributed by atoms with Crippen LogP contribution in [0, 0.1) is 5.92 Å². The number of aromatic amines is 1. The Morgan fingerprint density at radius 3 is 2.94 bits per heavy atom. The van der Waals surface area contributed by atoms with Crippen molar-refractivity contribution in [3.05, 3.63) is 34.2 Å². The Kier molecular flexibility index (Phi) is 2.78. The van der Waals surface area contributed by atoms with Gasteiger partial charge in [0.1, 0.15) is 5.15 Å². The number of rotatable bonds is 2. The summed E-state index contributed by atoms with van der Waals surface area (Å²) in [6.07, 6.45) is 2.11. The Morgan fingerprint density at radius 2 is 2.38 bits per heavy atom. The Hall–Kier alpha value is -1.62. The second-order valence-electron chi connectivity index (χ2n) is 3.60. The predicted molar refractivity (Wildman–Crippen MR) is 60.5 cm³/mol. The summed E-state index contributed by atoms with van der Waals surface area (Å²) < 4.78 is 0. The van der Waals surface area contributed by atoms with Gasteiger partial charge in [0.15, 0.2) is 0 Å². The third kappa shape index (κ3) is 1.99. The highest BCUT2D eigenvalue weighted by atomic mass is 35.5. The monoisotopic (exact) mass is 239 g/mol. The average molecular weight is 240 g/mol. The molecular weight excluding hydrogens is 230 g/mol. The van der Waals surface area contributed by atoms with Gasteiger partial charge in [-0.3, -0.25) is 19.5 Å². The molecule has 6 heteroatoms. The molecule has 0 spiro atoms. The van der Waals surface area contributed by atoms with Crippen LogP contribution in [0.2, 0.25) is 5.15 Å². The van der Waals surface area contributed by atoms with Gasteiger partial charge in [-0.2, -0.15) is 0 Å². The summed E-state index contributed by atoms with van der Waals surface area (Å²) in [4.78, 5) is 30.6. The van der Waals surface area contributed by atoms with E-state index in [-0.39, 0.29) is 28.5 Å². The minimum Gasteiger partial charge on any atom is -0.292 e. The van der Waals surface area contributed by atoms with Crippen molar-refractivity contribution in [3.8, 4) is 0 Å². The topological polar surface area (TPSA) is 66.1 Å². The van der Waals surface area contributed by atoms with Crippen LogP contribution in [-0.4, -0.2) is 22.4 Å². The average Bonchev–Trinajstić information content (AvgIpc) is 2.58. The minimum absolute atomic E-state index is 0.0774. The van der Waals surface area contributed by atoms with Gasteiger partial charge in [0.2, 0.25) is 11.9 Å². The number of hydrogen-bond acceptors (Lipinski definition) is 3. The fourth-order valence-electron chi connectivity index (χ4n) is 1.64. The van der Waals surface area contributed by atoms with Crippen LogP contribution in [0.3, 0.4) is 0 Å². The number of anilines is 1. The highest BCUT2D eigenvalue weighted by Gasteiger charge is 2.30. The van der Waals surface area contributed by atoms with Crippen molar-refractivity contribution in [1.82, 2.24) is 9.97 Å². The molecule has 0 radical (unpaired) electrons. The first-order valence-electron chi connectivity index (χ1n) is 4.80. The van der Waals surface area contributed by atoms with Crippen molar-refractivity contribution in [2.45, 2.75) is 6.42 Å². The quantitative estimate of drug-likeness (QED) is 0.618. The van der Waals surface area contributed by atoms with Gasteiger partial charge in [-0.15, -0.1) is 6.58 Å². The molecule has 16 heavy (non-hydrogen) atoms. The molecular formula is C10H10ClN3O2. The van der Waals surface area contributed by atoms with E-state index in [9.17, 15) is 9.59 Å². The van der Waals surface area contributed by atoms with Gasteiger partial charge in [-0.1, -0.05) is 17.7 Å². The van der Waals surface area contributed by atoms with Crippen molar-refractivity contribution >= 4 is 23.5 Å². The maximum absolute atomic E-state index is 11.6. The molecule has 1 atom stereocenters. The van der Waals surface area contributed by atoms with Crippen molar-refractivity contribution in [1.29, 1.82) is 0 Å². The second kappa shape index (κ2) is 4.09. The molecule has 1 aromatic rings. The molecule has 1 fully saturated rings. The van der Waals surface area contributed by atoms with E-state index in [0.717, 1.165) is 6.07 Å². The summed E-state index contributed by atoms with van der Waals surface area (Å²) in [5.74, 6) is 0.207. The van der Waals surface area contributed by atoms with Gasteiger partial charge in [0.05, 0.1) is 0 Å². The van der Waals surface area contributed by atoms with E-state index in [4.69, 9.17) is 11.6 Å². The molecule has 1 N–H and O–H groups in total. The van der Waals surface area contributed by atoms with Crippen LogP contribution >= 0.6 is 11.6 Å². The largest absolute Gasteiger partial charge is 0.292 e. The normalized spacial score (nSPS) is 20.2. The lowest BCUT2D eigenvalue weighted by atomic mass is 10.1. The Bertz CT molecular complexity index is 497. The number of amides is 1. The number of hydrogen-bond donors (Lipinski definition) is 1. The molecule has 0 aromatic carbocycles. The van der Waals surface area contributed by atoms with Crippen LogP contribution in [-0.2, 0) is 4.79 Å². The third-order valence-corrected chi connectivity index (χ3v) is 2.64. The molecule has 84 valence electrons. The molecule has 2 heterocycles. The third-order valence-electron chi connectivity index (χ3n) is 2.44. The lowest BCUT2D eigenvalue weighted by Gasteiger charge is -2.13. The molecule has 1 unspecified atom stereocenters. The maximum Gasteiger partial charge on any atom is 0.253 e. The summed E-state index contributed by atoms with van der Waals surface area (Å²) in [6, 6.07) is 1.16. The van der Waals surface area contributed by atoms with Crippen molar-refractivity contribution in [2.75, 3.05) is 11.4 Å². The van der Waals surface area contributed by atoms with Crippen LogP contribution < -0.4 is 10.5 Å². The fourth-order valence-corrected chi connectivity index (χ4v) is 1.82. The van der Waals surface area contributed by atoms with E-state index < -0.39 is 0 Å². The van der Waals surface area contributed by atoms with Crippen LogP contribution in [0.5, 0.6) is 0 Å². The van der Waals surface area contributed by atoms with Crippen molar-refractivity contribution in [2.24, 2.45) is 5.92 Å². The summed E-state index contributed by atoms with van der Waals surface area (Å²) in [6.45, 7) is 4.12. The molecule has 0 saturated carbocycles. The number of carbonyl (C=O) groups is 1. The number of H-pyrrole nitrogens is 1. The summed E-state index contributed by atoms with van der Waals surface area (Å²) in [5, 5.41) is 0.0774. The summed E-state index contributed by atoms with van der Waals surface area (Å²) in [7, 11) is 0. The van der Waals surface area contributed by atoms with Crippen LogP contribution in [0.25, 0.3) is 0 Å². The molecule has 0 aliphatic carbocycles. The summed E-state index contributed by atoms with van der Waals surface area (Å²) in [5.41, 5.74) is -0.371. The van der Waals surface area contributed by atoms with E-state index in [0.29, 0.717) is 13.0 Å². The molecule has 5 nitrogen and oxygen atoms in total. The van der Waals surface area contributed by atoms with E-state index in [1.807, 2.05) is 0 Å². The predicted octanol–water partition coefficient (Wildman–Crippen LogP) is 0.962.